The van der Waals surface area contributed by atoms with Crippen molar-refractivity contribution in [2.75, 3.05) is 26.2 Å². The lowest BCUT2D eigenvalue weighted by Crippen LogP contribution is -2.38. The van der Waals surface area contributed by atoms with Crippen molar-refractivity contribution in [1.29, 1.82) is 0 Å². The van der Waals surface area contributed by atoms with Crippen LogP contribution < -0.4 is 4.74 Å². The van der Waals surface area contributed by atoms with Gasteiger partial charge in [0.1, 0.15) is 18.5 Å². The van der Waals surface area contributed by atoms with Gasteiger partial charge in [0, 0.05) is 11.0 Å². The van der Waals surface area contributed by atoms with Crippen LogP contribution in [0.2, 0.25) is 0 Å². The molecule has 0 aliphatic carbocycles. The van der Waals surface area contributed by atoms with Gasteiger partial charge < -0.3 is 14.7 Å². The molecular formula is C14H19Br2NO2. The van der Waals surface area contributed by atoms with E-state index >= 15 is 0 Å². The molecule has 0 bridgehead atoms. The number of piperidine rings is 1. The lowest BCUT2D eigenvalue weighted by atomic mass is 10.1. The smallest absolute Gasteiger partial charge is 0.133 e. The van der Waals surface area contributed by atoms with E-state index in [4.69, 9.17) is 4.74 Å². The maximum atomic E-state index is 10.0. The fourth-order valence-corrected chi connectivity index (χ4v) is 3.43. The molecule has 0 saturated carbocycles. The molecule has 1 aliphatic rings. The van der Waals surface area contributed by atoms with Gasteiger partial charge in [-0.25, -0.2) is 0 Å². The maximum absolute atomic E-state index is 10.0. The van der Waals surface area contributed by atoms with Crippen molar-refractivity contribution < 1.29 is 9.84 Å². The van der Waals surface area contributed by atoms with Crippen LogP contribution in [0.4, 0.5) is 0 Å². The Bertz CT molecular complexity index is 408. The van der Waals surface area contributed by atoms with Gasteiger partial charge in [-0.2, -0.15) is 0 Å². The zero-order chi connectivity index (χ0) is 13.7. The van der Waals surface area contributed by atoms with E-state index in [1.54, 1.807) is 0 Å². The van der Waals surface area contributed by atoms with E-state index in [1.165, 1.54) is 19.3 Å². The molecule has 106 valence electrons. The number of nitrogens with zero attached hydrogens (tertiary/aromatic N) is 1. The molecule has 2 rings (SSSR count). The Morgan fingerprint density at radius 3 is 2.63 bits per heavy atom. The molecule has 1 unspecified atom stereocenters. The Morgan fingerprint density at radius 2 is 1.95 bits per heavy atom. The van der Waals surface area contributed by atoms with E-state index in [2.05, 4.69) is 36.8 Å². The van der Waals surface area contributed by atoms with Crippen LogP contribution in [-0.4, -0.2) is 42.4 Å². The highest BCUT2D eigenvalue weighted by atomic mass is 79.9. The first-order valence-corrected chi connectivity index (χ1v) is 8.22. The number of hydrogen-bond donors (Lipinski definition) is 1. The predicted molar refractivity (Wildman–Crippen MR) is 83.6 cm³/mol. The van der Waals surface area contributed by atoms with E-state index in [-0.39, 0.29) is 0 Å². The van der Waals surface area contributed by atoms with Crippen LogP contribution in [-0.2, 0) is 0 Å². The van der Waals surface area contributed by atoms with Crippen molar-refractivity contribution in [1.82, 2.24) is 4.90 Å². The van der Waals surface area contributed by atoms with Gasteiger partial charge in [0.25, 0.3) is 0 Å². The van der Waals surface area contributed by atoms with Crippen LogP contribution in [0.1, 0.15) is 19.3 Å². The normalized spacial score (nSPS) is 18.3. The summed E-state index contributed by atoms with van der Waals surface area (Å²) in [7, 11) is 0. The number of benzene rings is 1. The summed E-state index contributed by atoms with van der Waals surface area (Å²) in [5.41, 5.74) is 0. The molecule has 1 aromatic carbocycles. The van der Waals surface area contributed by atoms with Crippen LogP contribution in [0.3, 0.4) is 0 Å². The summed E-state index contributed by atoms with van der Waals surface area (Å²) in [6.07, 6.45) is 3.36. The van der Waals surface area contributed by atoms with Crippen molar-refractivity contribution >= 4 is 31.9 Å². The number of halogens is 2. The second-order valence-electron chi connectivity index (χ2n) is 4.90. The molecule has 0 amide bonds. The molecule has 1 saturated heterocycles. The summed E-state index contributed by atoms with van der Waals surface area (Å²) in [6, 6.07) is 5.76. The summed E-state index contributed by atoms with van der Waals surface area (Å²) < 4.78 is 7.55. The first-order valence-electron chi connectivity index (χ1n) is 6.63. The van der Waals surface area contributed by atoms with E-state index in [0.29, 0.717) is 13.2 Å². The monoisotopic (exact) mass is 391 g/mol. The van der Waals surface area contributed by atoms with Gasteiger partial charge in [-0.05, 0) is 60.1 Å². The number of likely N-dealkylation sites (tertiary alicyclic amines) is 1. The van der Waals surface area contributed by atoms with E-state index in [1.807, 2.05) is 18.2 Å². The van der Waals surface area contributed by atoms with Gasteiger partial charge in [0.15, 0.2) is 0 Å². The van der Waals surface area contributed by atoms with Crippen LogP contribution in [0.25, 0.3) is 0 Å². The van der Waals surface area contributed by atoms with Gasteiger partial charge in [-0.1, -0.05) is 22.4 Å². The third kappa shape index (κ3) is 5.06. The molecule has 1 aromatic rings. The number of ether oxygens (including phenoxy) is 1. The number of rotatable bonds is 5. The quantitative estimate of drug-likeness (QED) is 0.832. The minimum absolute atomic E-state index is 0.330. The first kappa shape index (κ1) is 15.3. The number of hydrogen-bond acceptors (Lipinski definition) is 3. The molecular weight excluding hydrogens is 374 g/mol. The Hall–Kier alpha value is -0.100. The Kier molecular flexibility index (Phi) is 6.13. The molecule has 1 heterocycles. The minimum Gasteiger partial charge on any atom is -0.490 e. The molecule has 1 N–H and O–H groups in total. The van der Waals surface area contributed by atoms with Crippen molar-refractivity contribution in [2.45, 2.75) is 25.4 Å². The van der Waals surface area contributed by atoms with Gasteiger partial charge in [0.2, 0.25) is 0 Å². The SMILES string of the molecule is OC(COc1ccc(Br)cc1Br)CN1CCCCC1. The lowest BCUT2D eigenvalue weighted by Gasteiger charge is -2.28. The lowest BCUT2D eigenvalue weighted by molar-refractivity contribution is 0.0615. The van der Waals surface area contributed by atoms with E-state index in [0.717, 1.165) is 27.8 Å². The molecule has 5 heteroatoms. The molecule has 0 aromatic heterocycles. The van der Waals surface area contributed by atoms with Gasteiger partial charge in [0.05, 0.1) is 4.47 Å². The topological polar surface area (TPSA) is 32.7 Å². The molecule has 1 aliphatic heterocycles. The Balaban J connectivity index is 1.77. The molecule has 1 fully saturated rings. The highest BCUT2D eigenvalue weighted by Crippen LogP contribution is 2.28. The Morgan fingerprint density at radius 1 is 1.21 bits per heavy atom. The fourth-order valence-electron chi connectivity index (χ4n) is 2.27. The molecule has 19 heavy (non-hydrogen) atoms. The maximum Gasteiger partial charge on any atom is 0.133 e. The average molecular weight is 393 g/mol. The molecule has 3 nitrogen and oxygen atoms in total. The van der Waals surface area contributed by atoms with E-state index < -0.39 is 6.10 Å². The van der Waals surface area contributed by atoms with Crippen LogP contribution in [0, 0.1) is 0 Å². The third-order valence-electron chi connectivity index (χ3n) is 3.24. The van der Waals surface area contributed by atoms with Gasteiger partial charge in [-0.15, -0.1) is 0 Å². The summed E-state index contributed by atoms with van der Waals surface area (Å²) in [6.45, 7) is 3.23. The second kappa shape index (κ2) is 7.62. The van der Waals surface area contributed by atoms with Crippen molar-refractivity contribution in [3.05, 3.63) is 27.1 Å². The number of β-amino-alcohol motifs (C(OH)–C–C–N with tert-alkyl or cyclic N) is 1. The van der Waals surface area contributed by atoms with Crippen LogP contribution in [0.15, 0.2) is 27.1 Å². The largest absolute Gasteiger partial charge is 0.490 e. The predicted octanol–water partition coefficient (Wildman–Crippen LogP) is 3.44. The molecule has 0 radical (unpaired) electrons. The standard InChI is InChI=1S/C14H19Br2NO2/c15-11-4-5-14(13(16)8-11)19-10-12(18)9-17-6-2-1-3-7-17/h4-5,8,12,18H,1-3,6-7,9-10H2. The summed E-state index contributed by atoms with van der Waals surface area (Å²) >= 11 is 6.85. The number of aliphatic hydroxyl groups is 1. The first-order chi connectivity index (χ1) is 9.15. The molecule has 1 atom stereocenters. The highest BCUT2D eigenvalue weighted by molar-refractivity contribution is 9.11. The van der Waals surface area contributed by atoms with Crippen molar-refractivity contribution in [3.8, 4) is 5.75 Å². The fraction of sp³-hybridized carbons (Fsp3) is 0.571. The van der Waals surface area contributed by atoms with Gasteiger partial charge >= 0.3 is 0 Å². The van der Waals surface area contributed by atoms with E-state index in [9.17, 15) is 5.11 Å². The zero-order valence-corrected chi connectivity index (χ0v) is 14.0. The van der Waals surface area contributed by atoms with Crippen molar-refractivity contribution in [2.24, 2.45) is 0 Å². The zero-order valence-electron chi connectivity index (χ0n) is 10.8. The summed E-state index contributed by atoms with van der Waals surface area (Å²) in [5.74, 6) is 0.765. The van der Waals surface area contributed by atoms with Crippen molar-refractivity contribution in [3.63, 3.8) is 0 Å². The van der Waals surface area contributed by atoms with Crippen LogP contribution >= 0.6 is 31.9 Å². The second-order valence-corrected chi connectivity index (χ2v) is 6.67. The Labute approximate surface area is 131 Å². The third-order valence-corrected chi connectivity index (χ3v) is 4.36. The van der Waals surface area contributed by atoms with Crippen LogP contribution in [0.5, 0.6) is 5.75 Å². The number of aliphatic hydroxyl groups excluding tert-OH is 1. The average Bonchev–Trinajstić information content (AvgIpc) is 2.39. The molecule has 0 spiro atoms. The summed E-state index contributed by atoms with van der Waals surface area (Å²) in [5, 5.41) is 10.0. The summed E-state index contributed by atoms with van der Waals surface area (Å²) in [4.78, 5) is 2.31. The minimum atomic E-state index is -0.436. The highest BCUT2D eigenvalue weighted by Gasteiger charge is 2.15. The van der Waals surface area contributed by atoms with Gasteiger partial charge in [-0.3, -0.25) is 0 Å².